The van der Waals surface area contributed by atoms with Gasteiger partial charge in [-0.25, -0.2) is 4.79 Å². The molecule has 21 heavy (non-hydrogen) atoms. The number of rotatable bonds is 3. The first-order valence-corrected chi connectivity index (χ1v) is 6.21. The molecule has 3 rings (SSSR count). The van der Waals surface area contributed by atoms with Crippen LogP contribution in [0, 0.1) is 0 Å². The molecule has 1 N–H and O–H groups in total. The van der Waals surface area contributed by atoms with Gasteiger partial charge in [-0.2, -0.15) is 0 Å². The Hall–Kier alpha value is -3.02. The van der Waals surface area contributed by atoms with E-state index in [1.54, 1.807) is 30.3 Å². The highest BCUT2D eigenvalue weighted by Gasteiger charge is 2.43. The average Bonchev–Trinajstić information content (AvgIpc) is 2.74. The summed E-state index contributed by atoms with van der Waals surface area (Å²) in [5, 5.41) is 9.44. The van der Waals surface area contributed by atoms with Crippen molar-refractivity contribution in [2.45, 2.75) is 6.04 Å². The summed E-state index contributed by atoms with van der Waals surface area (Å²) in [5.41, 5.74) is 0.675. The zero-order valence-electron chi connectivity index (χ0n) is 10.8. The topological polar surface area (TPSA) is 87.6 Å². The van der Waals surface area contributed by atoms with Crippen LogP contribution in [0.5, 0.6) is 0 Å². The third kappa shape index (κ3) is 1.97. The summed E-state index contributed by atoms with van der Waals surface area (Å²) in [6.45, 7) is 0. The van der Waals surface area contributed by atoms with Crippen molar-refractivity contribution in [3.63, 3.8) is 0 Å². The lowest BCUT2D eigenvalue weighted by Gasteiger charge is -2.22. The van der Waals surface area contributed by atoms with Crippen LogP contribution in [0.15, 0.2) is 48.8 Å². The Kier molecular flexibility index (Phi) is 2.98. The van der Waals surface area contributed by atoms with Gasteiger partial charge in [-0.1, -0.05) is 30.3 Å². The standard InChI is InChI=1S/C15H10N2O4/c18-13-10-6-7-16-8-11(10)14(19)17(13)12(15(20)21)9-4-2-1-3-5-9/h1-8,12H,(H,20,21). The number of imide groups is 1. The fourth-order valence-electron chi connectivity index (χ4n) is 2.38. The summed E-state index contributed by atoms with van der Waals surface area (Å²) < 4.78 is 0. The minimum atomic E-state index is -1.35. The van der Waals surface area contributed by atoms with E-state index in [9.17, 15) is 19.5 Å². The molecule has 1 aliphatic rings. The lowest BCUT2D eigenvalue weighted by atomic mass is 10.1. The predicted octanol–water partition coefficient (Wildman–Crippen LogP) is 1.50. The number of pyridine rings is 1. The molecule has 1 atom stereocenters. The summed E-state index contributed by atoms with van der Waals surface area (Å²) in [5.74, 6) is -2.52. The van der Waals surface area contributed by atoms with Crippen LogP contribution in [-0.2, 0) is 4.79 Å². The van der Waals surface area contributed by atoms with Crippen LogP contribution < -0.4 is 0 Å². The van der Waals surface area contributed by atoms with Crippen molar-refractivity contribution in [1.29, 1.82) is 0 Å². The first-order chi connectivity index (χ1) is 10.1. The molecular weight excluding hydrogens is 272 g/mol. The Balaban J connectivity index is 2.09. The molecule has 2 amide bonds. The van der Waals surface area contributed by atoms with E-state index < -0.39 is 23.8 Å². The minimum Gasteiger partial charge on any atom is -0.479 e. The molecule has 1 unspecified atom stereocenters. The molecule has 0 radical (unpaired) electrons. The maximum Gasteiger partial charge on any atom is 0.331 e. The molecule has 0 fully saturated rings. The predicted molar refractivity (Wildman–Crippen MR) is 71.6 cm³/mol. The number of fused-ring (bicyclic) bond motifs is 1. The van der Waals surface area contributed by atoms with E-state index in [0.29, 0.717) is 5.56 Å². The Morgan fingerprint density at radius 1 is 1.05 bits per heavy atom. The van der Waals surface area contributed by atoms with Gasteiger partial charge < -0.3 is 5.11 Å². The number of aromatic nitrogens is 1. The Morgan fingerprint density at radius 2 is 1.71 bits per heavy atom. The molecule has 1 aromatic carbocycles. The summed E-state index contributed by atoms with van der Waals surface area (Å²) in [7, 11) is 0. The van der Waals surface area contributed by atoms with E-state index in [0.717, 1.165) is 4.90 Å². The minimum absolute atomic E-state index is 0.129. The maximum atomic E-state index is 12.3. The lowest BCUT2D eigenvalue weighted by molar-refractivity contribution is -0.141. The number of carbonyl (C=O) groups is 3. The zero-order chi connectivity index (χ0) is 15.0. The van der Waals surface area contributed by atoms with Gasteiger partial charge in [0, 0.05) is 12.4 Å². The van der Waals surface area contributed by atoms with E-state index >= 15 is 0 Å². The quantitative estimate of drug-likeness (QED) is 0.862. The molecule has 0 saturated carbocycles. The van der Waals surface area contributed by atoms with Gasteiger partial charge in [0.15, 0.2) is 6.04 Å². The van der Waals surface area contributed by atoms with Crippen LogP contribution >= 0.6 is 0 Å². The number of nitrogens with zero attached hydrogens (tertiary/aromatic N) is 2. The summed E-state index contributed by atoms with van der Waals surface area (Å²) in [4.78, 5) is 40.8. The van der Waals surface area contributed by atoms with Crippen LogP contribution in [-0.4, -0.2) is 32.8 Å². The van der Waals surface area contributed by atoms with E-state index in [2.05, 4.69) is 4.98 Å². The highest BCUT2D eigenvalue weighted by molar-refractivity contribution is 6.22. The van der Waals surface area contributed by atoms with E-state index in [4.69, 9.17) is 0 Å². The monoisotopic (exact) mass is 282 g/mol. The van der Waals surface area contributed by atoms with Gasteiger partial charge in [-0.05, 0) is 11.6 Å². The zero-order valence-corrected chi connectivity index (χ0v) is 10.8. The summed E-state index contributed by atoms with van der Waals surface area (Å²) in [6.07, 6.45) is 2.67. The van der Waals surface area contributed by atoms with Crippen LogP contribution in [0.1, 0.15) is 32.3 Å². The first-order valence-electron chi connectivity index (χ1n) is 6.21. The third-order valence-electron chi connectivity index (χ3n) is 3.33. The number of carbonyl (C=O) groups excluding carboxylic acids is 2. The second-order valence-corrected chi connectivity index (χ2v) is 4.55. The van der Waals surface area contributed by atoms with Gasteiger partial charge in [-0.3, -0.25) is 19.5 Å². The number of benzene rings is 1. The molecule has 1 aliphatic heterocycles. The highest BCUT2D eigenvalue weighted by atomic mass is 16.4. The van der Waals surface area contributed by atoms with Crippen LogP contribution in [0.2, 0.25) is 0 Å². The fourth-order valence-corrected chi connectivity index (χ4v) is 2.38. The Morgan fingerprint density at radius 3 is 2.33 bits per heavy atom. The molecule has 1 aromatic heterocycles. The molecule has 2 aromatic rings. The Labute approximate surface area is 119 Å². The largest absolute Gasteiger partial charge is 0.479 e. The van der Waals surface area contributed by atoms with Gasteiger partial charge in [0.2, 0.25) is 0 Å². The number of carboxylic acids is 1. The number of carboxylic acid groups (broad SMARTS) is 1. The van der Waals surface area contributed by atoms with Crippen molar-refractivity contribution in [2.24, 2.45) is 0 Å². The molecule has 0 bridgehead atoms. The van der Waals surface area contributed by atoms with Crippen molar-refractivity contribution in [2.75, 3.05) is 0 Å². The lowest BCUT2D eigenvalue weighted by Crippen LogP contribution is -2.38. The molecule has 2 heterocycles. The molecule has 0 saturated heterocycles. The third-order valence-corrected chi connectivity index (χ3v) is 3.33. The molecule has 104 valence electrons. The van der Waals surface area contributed by atoms with E-state index in [1.165, 1.54) is 18.5 Å². The van der Waals surface area contributed by atoms with Crippen molar-refractivity contribution in [1.82, 2.24) is 9.88 Å². The summed E-state index contributed by atoms with van der Waals surface area (Å²) >= 11 is 0. The van der Waals surface area contributed by atoms with Gasteiger partial charge >= 0.3 is 5.97 Å². The fraction of sp³-hybridized carbons (Fsp3) is 0.0667. The van der Waals surface area contributed by atoms with Crippen molar-refractivity contribution in [3.8, 4) is 0 Å². The molecule has 6 nitrogen and oxygen atoms in total. The van der Waals surface area contributed by atoms with Crippen molar-refractivity contribution >= 4 is 17.8 Å². The molecule has 6 heteroatoms. The van der Waals surface area contributed by atoms with Crippen molar-refractivity contribution in [3.05, 3.63) is 65.5 Å². The van der Waals surface area contributed by atoms with Gasteiger partial charge in [-0.15, -0.1) is 0 Å². The number of hydrogen-bond acceptors (Lipinski definition) is 4. The van der Waals surface area contributed by atoms with E-state index in [1.807, 2.05) is 0 Å². The molecule has 0 spiro atoms. The Bertz CT molecular complexity index is 707. The number of amides is 2. The smallest absolute Gasteiger partial charge is 0.331 e. The van der Waals surface area contributed by atoms with Gasteiger partial charge in [0.05, 0.1) is 11.1 Å². The number of hydrogen-bond donors (Lipinski definition) is 1. The second kappa shape index (κ2) is 4.82. The van der Waals surface area contributed by atoms with Crippen LogP contribution in [0.4, 0.5) is 0 Å². The first kappa shape index (κ1) is 13.0. The van der Waals surface area contributed by atoms with Gasteiger partial charge in [0.25, 0.3) is 11.8 Å². The summed E-state index contributed by atoms with van der Waals surface area (Å²) in [6, 6.07) is 8.25. The van der Waals surface area contributed by atoms with Crippen molar-refractivity contribution < 1.29 is 19.5 Å². The SMILES string of the molecule is O=C(O)C(c1ccccc1)N1C(=O)c2ccncc2C1=O. The molecular formula is C15H10N2O4. The van der Waals surface area contributed by atoms with Crippen LogP contribution in [0.25, 0.3) is 0 Å². The number of aliphatic carboxylic acids is 1. The molecule has 0 aliphatic carbocycles. The van der Waals surface area contributed by atoms with Crippen LogP contribution in [0.3, 0.4) is 0 Å². The van der Waals surface area contributed by atoms with E-state index in [-0.39, 0.29) is 11.1 Å². The van der Waals surface area contributed by atoms with Gasteiger partial charge in [0.1, 0.15) is 0 Å². The average molecular weight is 282 g/mol. The second-order valence-electron chi connectivity index (χ2n) is 4.55. The maximum absolute atomic E-state index is 12.3. The highest BCUT2D eigenvalue weighted by Crippen LogP contribution is 2.31. The normalized spacial score (nSPS) is 15.0.